The van der Waals surface area contributed by atoms with E-state index in [1.165, 1.54) is 39.3 Å². The van der Waals surface area contributed by atoms with Gasteiger partial charge in [0.15, 0.2) is 0 Å². The van der Waals surface area contributed by atoms with Crippen LogP contribution in [0.4, 0.5) is 5.82 Å². The van der Waals surface area contributed by atoms with Crippen molar-refractivity contribution in [3.8, 4) is 0 Å². The van der Waals surface area contributed by atoms with E-state index in [2.05, 4.69) is 4.98 Å². The molecule has 27 heavy (non-hydrogen) atoms. The zero-order chi connectivity index (χ0) is 19.3. The first-order valence-corrected chi connectivity index (χ1v) is 9.77. The summed E-state index contributed by atoms with van der Waals surface area (Å²) in [6, 6.07) is 12.2. The first-order valence-electron chi connectivity index (χ1n) is 7.91. The van der Waals surface area contributed by atoms with E-state index in [0.29, 0.717) is 16.3 Å². The summed E-state index contributed by atoms with van der Waals surface area (Å²) in [5.74, 6) is -0.00960. The van der Waals surface area contributed by atoms with Crippen molar-refractivity contribution in [2.75, 3.05) is 5.73 Å². The van der Waals surface area contributed by atoms with Gasteiger partial charge in [-0.2, -0.15) is 0 Å². The van der Waals surface area contributed by atoms with Gasteiger partial charge in [0, 0.05) is 11.2 Å². The fraction of sp³-hybridized carbons (Fsp3) is 0.0556. The van der Waals surface area contributed by atoms with Gasteiger partial charge in [-0.15, -0.1) is 0 Å². The minimum absolute atomic E-state index is 0.00960. The highest BCUT2D eigenvalue weighted by Gasteiger charge is 2.28. The second-order valence-electron chi connectivity index (χ2n) is 5.99. The topological polar surface area (TPSA) is 98.4 Å². The Bertz CT molecular complexity index is 1380. The van der Waals surface area contributed by atoms with Crippen molar-refractivity contribution in [2.24, 2.45) is 7.05 Å². The maximum absolute atomic E-state index is 13.1. The SMILES string of the molecule is C[n+]1c(N)c(S(=O)(=O)c2ccc(Cl)cc2)cc2c(=O)n3ccccc3nc21. The van der Waals surface area contributed by atoms with Gasteiger partial charge in [0.05, 0.1) is 11.9 Å². The summed E-state index contributed by atoms with van der Waals surface area (Å²) in [6.45, 7) is 0. The van der Waals surface area contributed by atoms with Crippen molar-refractivity contribution < 1.29 is 13.0 Å². The Kier molecular flexibility index (Phi) is 3.90. The molecule has 0 amide bonds. The molecule has 0 aliphatic rings. The molecule has 0 unspecified atom stereocenters. The van der Waals surface area contributed by atoms with E-state index in [4.69, 9.17) is 17.3 Å². The van der Waals surface area contributed by atoms with E-state index in [1.54, 1.807) is 31.4 Å². The van der Waals surface area contributed by atoms with Gasteiger partial charge < -0.3 is 5.73 Å². The van der Waals surface area contributed by atoms with E-state index in [-0.39, 0.29) is 26.6 Å². The number of aryl methyl sites for hydroxylation is 1. The molecular formula is C18H14ClN4O3S+. The van der Waals surface area contributed by atoms with Crippen molar-refractivity contribution >= 4 is 43.9 Å². The number of nitrogen functional groups attached to an aromatic ring is 1. The standard InChI is InChI=1S/C18H13ClN4O3S/c1-22-16(20)14(27(25,26)12-7-5-11(19)6-8-12)10-13-17(22)21-15-4-2-3-9-23(15)18(13)24/h2-10,20H,1H3/p+1. The Hall–Kier alpha value is -2.97. The number of sulfone groups is 1. The van der Waals surface area contributed by atoms with Crippen LogP contribution in [-0.4, -0.2) is 17.8 Å². The number of nitrogens with two attached hydrogens (primary N) is 1. The van der Waals surface area contributed by atoms with E-state index < -0.39 is 9.84 Å². The van der Waals surface area contributed by atoms with Gasteiger partial charge in [0.1, 0.15) is 10.3 Å². The highest BCUT2D eigenvalue weighted by Crippen LogP contribution is 2.26. The molecule has 1 aromatic carbocycles. The molecule has 2 N–H and O–H groups in total. The van der Waals surface area contributed by atoms with Gasteiger partial charge >= 0.3 is 0 Å². The molecule has 0 aliphatic carbocycles. The Morgan fingerprint density at radius 1 is 1.15 bits per heavy atom. The average Bonchev–Trinajstić information content (AvgIpc) is 2.65. The lowest BCUT2D eigenvalue weighted by Crippen LogP contribution is -2.37. The average molecular weight is 402 g/mol. The lowest BCUT2D eigenvalue weighted by molar-refractivity contribution is -0.633. The molecule has 3 heterocycles. The zero-order valence-electron chi connectivity index (χ0n) is 14.1. The minimum atomic E-state index is -3.95. The van der Waals surface area contributed by atoms with Crippen LogP contribution in [0, 0.1) is 0 Å². The van der Waals surface area contributed by atoms with E-state index in [1.807, 2.05) is 0 Å². The molecule has 4 aromatic rings. The maximum Gasteiger partial charge on any atom is 0.278 e. The Morgan fingerprint density at radius 2 is 1.85 bits per heavy atom. The second-order valence-corrected chi connectivity index (χ2v) is 8.35. The van der Waals surface area contributed by atoms with Gasteiger partial charge in [-0.3, -0.25) is 9.20 Å². The number of pyridine rings is 2. The molecule has 4 rings (SSSR count). The van der Waals surface area contributed by atoms with E-state index >= 15 is 0 Å². The van der Waals surface area contributed by atoms with Crippen molar-refractivity contribution in [3.63, 3.8) is 0 Å². The van der Waals surface area contributed by atoms with Gasteiger partial charge in [-0.25, -0.2) is 13.0 Å². The van der Waals surface area contributed by atoms with Crippen LogP contribution >= 0.6 is 11.6 Å². The van der Waals surface area contributed by atoms with Gasteiger partial charge in [0.2, 0.25) is 21.3 Å². The van der Waals surface area contributed by atoms with Crippen molar-refractivity contribution in [3.05, 3.63) is 70.1 Å². The first-order chi connectivity index (χ1) is 12.8. The Morgan fingerprint density at radius 3 is 2.56 bits per heavy atom. The summed E-state index contributed by atoms with van der Waals surface area (Å²) in [5.41, 5.74) is 6.48. The summed E-state index contributed by atoms with van der Waals surface area (Å²) >= 11 is 5.84. The number of aromatic nitrogens is 3. The molecule has 3 aromatic heterocycles. The smallest absolute Gasteiger partial charge is 0.278 e. The van der Waals surface area contributed by atoms with Crippen molar-refractivity contribution in [1.29, 1.82) is 0 Å². The van der Waals surface area contributed by atoms with Crippen LogP contribution in [0.5, 0.6) is 0 Å². The maximum atomic E-state index is 13.1. The lowest BCUT2D eigenvalue weighted by Gasteiger charge is -2.10. The molecule has 0 radical (unpaired) electrons. The number of anilines is 1. The summed E-state index contributed by atoms with van der Waals surface area (Å²) < 4.78 is 28.9. The highest BCUT2D eigenvalue weighted by atomic mass is 35.5. The fourth-order valence-corrected chi connectivity index (χ4v) is 4.47. The first kappa shape index (κ1) is 17.4. The molecule has 9 heteroatoms. The molecule has 7 nitrogen and oxygen atoms in total. The molecule has 0 bridgehead atoms. The van der Waals surface area contributed by atoms with Crippen LogP contribution < -0.4 is 15.9 Å². The predicted molar refractivity (Wildman–Crippen MR) is 101 cm³/mol. The summed E-state index contributed by atoms with van der Waals surface area (Å²) in [5, 5.41) is 0.572. The predicted octanol–water partition coefficient (Wildman–Crippen LogP) is 1.74. The van der Waals surface area contributed by atoms with E-state index in [0.717, 1.165) is 0 Å². The van der Waals surface area contributed by atoms with Crippen LogP contribution in [0.2, 0.25) is 5.02 Å². The summed E-state index contributed by atoms with van der Waals surface area (Å²) in [6.07, 6.45) is 1.58. The summed E-state index contributed by atoms with van der Waals surface area (Å²) in [7, 11) is -2.38. The Balaban J connectivity index is 2.09. The van der Waals surface area contributed by atoms with Crippen LogP contribution in [-0.2, 0) is 16.9 Å². The largest absolute Gasteiger partial charge is 0.317 e. The lowest BCUT2D eigenvalue weighted by atomic mass is 10.3. The molecule has 136 valence electrons. The molecule has 0 fully saturated rings. The third-order valence-corrected chi connectivity index (χ3v) is 6.42. The van der Waals surface area contributed by atoms with Crippen LogP contribution in [0.1, 0.15) is 0 Å². The highest BCUT2D eigenvalue weighted by molar-refractivity contribution is 7.91. The number of hydrogen-bond acceptors (Lipinski definition) is 5. The number of halogens is 1. The van der Waals surface area contributed by atoms with Crippen LogP contribution in [0.25, 0.3) is 16.7 Å². The molecule has 0 atom stereocenters. The summed E-state index contributed by atoms with van der Waals surface area (Å²) in [4.78, 5) is 17.2. The number of nitrogens with zero attached hydrogens (tertiary/aromatic N) is 3. The molecular weight excluding hydrogens is 388 g/mol. The molecule has 0 saturated heterocycles. The number of hydrogen-bond donors (Lipinski definition) is 1. The number of rotatable bonds is 2. The molecule has 0 aliphatic heterocycles. The van der Waals surface area contributed by atoms with Crippen molar-refractivity contribution in [2.45, 2.75) is 9.79 Å². The van der Waals surface area contributed by atoms with Crippen LogP contribution in [0.3, 0.4) is 0 Å². The zero-order valence-corrected chi connectivity index (χ0v) is 15.7. The minimum Gasteiger partial charge on any atom is -0.317 e. The van der Waals surface area contributed by atoms with Crippen molar-refractivity contribution in [1.82, 2.24) is 9.38 Å². The third kappa shape index (κ3) is 2.65. The third-order valence-electron chi connectivity index (χ3n) is 4.37. The number of benzene rings is 1. The molecule has 0 saturated carbocycles. The van der Waals surface area contributed by atoms with Gasteiger partial charge in [0.25, 0.3) is 11.2 Å². The van der Waals surface area contributed by atoms with E-state index in [9.17, 15) is 13.2 Å². The normalized spacial score (nSPS) is 11.9. The fourth-order valence-electron chi connectivity index (χ4n) is 2.91. The number of fused-ring (bicyclic) bond motifs is 2. The second kappa shape index (κ2) is 6.04. The monoisotopic (exact) mass is 401 g/mol. The van der Waals surface area contributed by atoms with Gasteiger partial charge in [-0.1, -0.05) is 22.7 Å². The van der Waals surface area contributed by atoms with Crippen LogP contribution in [0.15, 0.2) is 69.3 Å². The van der Waals surface area contributed by atoms with Gasteiger partial charge in [-0.05, 0) is 42.5 Å². The molecule has 0 spiro atoms. The quantitative estimate of drug-likeness (QED) is 0.407. The Labute approximate surface area is 159 Å².